The maximum Gasteiger partial charge on any atom is 0.271 e. The van der Waals surface area contributed by atoms with Gasteiger partial charge in [-0.15, -0.1) is 0 Å². The second-order valence-electron chi connectivity index (χ2n) is 4.78. The van der Waals surface area contributed by atoms with Crippen molar-refractivity contribution in [2.45, 2.75) is 0 Å². The Balaban J connectivity index is 1.77. The van der Waals surface area contributed by atoms with Crippen LogP contribution in [0.3, 0.4) is 0 Å². The fourth-order valence-electron chi connectivity index (χ4n) is 2.20. The summed E-state index contributed by atoms with van der Waals surface area (Å²) in [6.45, 7) is 0. The Bertz CT molecular complexity index is 836. The molecule has 0 unspecified atom stereocenters. The van der Waals surface area contributed by atoms with Crippen molar-refractivity contribution in [1.82, 2.24) is 5.43 Å². The van der Waals surface area contributed by atoms with Crippen LogP contribution in [0.15, 0.2) is 76.3 Å². The number of fused-ring (bicyclic) bond motifs is 1. The Labute approximate surface area is 136 Å². The van der Waals surface area contributed by atoms with Crippen LogP contribution in [0.1, 0.15) is 15.9 Å². The van der Waals surface area contributed by atoms with Gasteiger partial charge in [-0.05, 0) is 34.5 Å². The number of hydrogen-bond acceptors (Lipinski definition) is 2. The molecule has 3 aromatic rings. The molecule has 1 amide bonds. The van der Waals surface area contributed by atoms with Crippen molar-refractivity contribution in [3.05, 3.63) is 82.3 Å². The lowest BCUT2D eigenvalue weighted by Crippen LogP contribution is -2.17. The number of hydrogen-bond donors (Lipinski definition) is 1. The molecule has 0 bridgehead atoms. The van der Waals surface area contributed by atoms with Crippen LogP contribution in [0.25, 0.3) is 10.8 Å². The van der Waals surface area contributed by atoms with Crippen molar-refractivity contribution < 1.29 is 4.79 Å². The van der Waals surface area contributed by atoms with Gasteiger partial charge in [0.25, 0.3) is 5.91 Å². The van der Waals surface area contributed by atoms with Gasteiger partial charge in [-0.2, -0.15) is 5.10 Å². The van der Waals surface area contributed by atoms with Gasteiger partial charge in [-0.3, -0.25) is 4.79 Å². The number of nitrogens with zero attached hydrogens (tertiary/aromatic N) is 1. The predicted octanol–water partition coefficient (Wildman–Crippen LogP) is 4.37. The molecule has 3 nitrogen and oxygen atoms in total. The average Bonchev–Trinajstić information content (AvgIpc) is 2.56. The number of carbonyl (C=O) groups is 1. The molecule has 0 fully saturated rings. The van der Waals surface area contributed by atoms with E-state index in [0.717, 1.165) is 20.8 Å². The lowest BCUT2D eigenvalue weighted by molar-refractivity contribution is 0.0957. The van der Waals surface area contributed by atoms with Gasteiger partial charge in [0.15, 0.2) is 0 Å². The van der Waals surface area contributed by atoms with Crippen molar-refractivity contribution in [3.8, 4) is 0 Å². The third kappa shape index (κ3) is 3.23. The van der Waals surface area contributed by atoms with Gasteiger partial charge >= 0.3 is 0 Å². The smallest absolute Gasteiger partial charge is 0.267 e. The molecule has 108 valence electrons. The second-order valence-corrected chi connectivity index (χ2v) is 5.69. The Kier molecular flexibility index (Phi) is 4.30. The summed E-state index contributed by atoms with van der Waals surface area (Å²) in [5.41, 5.74) is 4.11. The fourth-order valence-corrected chi connectivity index (χ4v) is 2.46. The van der Waals surface area contributed by atoms with Crippen LogP contribution in [0.4, 0.5) is 0 Å². The van der Waals surface area contributed by atoms with E-state index in [0.29, 0.717) is 5.56 Å². The van der Waals surface area contributed by atoms with E-state index in [1.165, 1.54) is 0 Å². The molecule has 0 aliphatic heterocycles. The molecule has 0 radical (unpaired) electrons. The van der Waals surface area contributed by atoms with Crippen LogP contribution >= 0.6 is 15.9 Å². The molecule has 3 aromatic carbocycles. The fraction of sp³-hybridized carbons (Fsp3) is 0. The van der Waals surface area contributed by atoms with E-state index in [9.17, 15) is 4.79 Å². The lowest BCUT2D eigenvalue weighted by Gasteiger charge is -2.04. The first-order valence-corrected chi connectivity index (χ1v) is 7.60. The molecule has 0 saturated heterocycles. The van der Waals surface area contributed by atoms with E-state index in [1.807, 2.05) is 60.7 Å². The first kappa shape index (κ1) is 14.5. The van der Waals surface area contributed by atoms with Crippen molar-refractivity contribution in [2.24, 2.45) is 5.10 Å². The lowest BCUT2D eigenvalue weighted by atomic mass is 10.0. The quantitative estimate of drug-likeness (QED) is 0.552. The minimum absolute atomic E-state index is 0.217. The van der Waals surface area contributed by atoms with Crippen molar-refractivity contribution in [2.75, 3.05) is 0 Å². The van der Waals surface area contributed by atoms with E-state index in [1.54, 1.807) is 12.3 Å². The highest BCUT2D eigenvalue weighted by molar-refractivity contribution is 9.10. The SMILES string of the molecule is O=C(N/N=C/c1ccc(Br)cc1)c1cccc2ccccc12. The van der Waals surface area contributed by atoms with E-state index < -0.39 is 0 Å². The summed E-state index contributed by atoms with van der Waals surface area (Å²) in [6.07, 6.45) is 1.62. The summed E-state index contributed by atoms with van der Waals surface area (Å²) >= 11 is 3.38. The van der Waals surface area contributed by atoms with Crippen molar-refractivity contribution in [1.29, 1.82) is 0 Å². The highest BCUT2D eigenvalue weighted by Gasteiger charge is 2.08. The van der Waals surface area contributed by atoms with Crippen LogP contribution in [0.2, 0.25) is 0 Å². The molecule has 3 rings (SSSR count). The zero-order valence-electron chi connectivity index (χ0n) is 11.7. The Hall–Kier alpha value is -2.46. The highest BCUT2D eigenvalue weighted by Crippen LogP contribution is 2.18. The summed E-state index contributed by atoms with van der Waals surface area (Å²) in [6, 6.07) is 21.1. The topological polar surface area (TPSA) is 41.5 Å². The van der Waals surface area contributed by atoms with Crippen LogP contribution in [0, 0.1) is 0 Å². The van der Waals surface area contributed by atoms with Crippen molar-refractivity contribution in [3.63, 3.8) is 0 Å². The molecule has 0 saturated carbocycles. The number of hydrazone groups is 1. The largest absolute Gasteiger partial charge is 0.271 e. The molecule has 0 spiro atoms. The minimum Gasteiger partial charge on any atom is -0.267 e. The van der Waals surface area contributed by atoms with Crippen LogP contribution in [-0.4, -0.2) is 12.1 Å². The van der Waals surface area contributed by atoms with Crippen LogP contribution in [0.5, 0.6) is 0 Å². The van der Waals surface area contributed by atoms with Gasteiger partial charge in [0, 0.05) is 10.0 Å². The molecule has 1 N–H and O–H groups in total. The first-order valence-electron chi connectivity index (χ1n) is 6.81. The van der Waals surface area contributed by atoms with Gasteiger partial charge < -0.3 is 0 Å². The number of rotatable bonds is 3. The summed E-state index contributed by atoms with van der Waals surface area (Å²) in [7, 11) is 0. The van der Waals surface area contributed by atoms with E-state index in [2.05, 4.69) is 26.5 Å². The number of halogens is 1. The van der Waals surface area contributed by atoms with Crippen molar-refractivity contribution >= 4 is 38.8 Å². The van der Waals surface area contributed by atoms with E-state index in [-0.39, 0.29) is 5.91 Å². The van der Waals surface area contributed by atoms with Gasteiger partial charge in [0.1, 0.15) is 0 Å². The van der Waals surface area contributed by atoms with Gasteiger partial charge in [0.05, 0.1) is 6.21 Å². The Morgan fingerprint density at radius 1 is 0.955 bits per heavy atom. The number of carbonyl (C=O) groups excluding carboxylic acids is 1. The molecular weight excluding hydrogens is 340 g/mol. The summed E-state index contributed by atoms with van der Waals surface area (Å²) < 4.78 is 1.00. The molecule has 0 heterocycles. The Morgan fingerprint density at radius 2 is 1.68 bits per heavy atom. The monoisotopic (exact) mass is 352 g/mol. The zero-order chi connectivity index (χ0) is 15.4. The highest BCUT2D eigenvalue weighted by atomic mass is 79.9. The van der Waals surface area contributed by atoms with Crippen LogP contribution < -0.4 is 5.43 Å². The maximum absolute atomic E-state index is 12.3. The standard InChI is InChI=1S/C18H13BrN2O/c19-15-10-8-13(9-11-15)12-20-21-18(22)17-7-3-5-14-4-1-2-6-16(14)17/h1-12H,(H,21,22)/b20-12+. The zero-order valence-corrected chi connectivity index (χ0v) is 13.2. The molecule has 4 heteroatoms. The number of amides is 1. The average molecular weight is 353 g/mol. The van der Waals surface area contributed by atoms with E-state index in [4.69, 9.17) is 0 Å². The molecular formula is C18H13BrN2O. The maximum atomic E-state index is 12.3. The normalized spacial score (nSPS) is 11.0. The van der Waals surface area contributed by atoms with Gasteiger partial charge in [0.2, 0.25) is 0 Å². The summed E-state index contributed by atoms with van der Waals surface area (Å²) in [5, 5.41) is 5.97. The van der Waals surface area contributed by atoms with Crippen LogP contribution in [-0.2, 0) is 0 Å². The summed E-state index contributed by atoms with van der Waals surface area (Å²) in [4.78, 5) is 12.3. The second kappa shape index (κ2) is 6.54. The van der Waals surface area contributed by atoms with E-state index >= 15 is 0 Å². The third-order valence-corrected chi connectivity index (χ3v) is 3.81. The number of nitrogens with one attached hydrogen (secondary N) is 1. The molecule has 22 heavy (non-hydrogen) atoms. The molecule has 0 aromatic heterocycles. The molecule has 0 aliphatic carbocycles. The van der Waals surface area contributed by atoms with Gasteiger partial charge in [-0.25, -0.2) is 5.43 Å². The molecule has 0 aliphatic rings. The minimum atomic E-state index is -0.217. The Morgan fingerprint density at radius 3 is 2.50 bits per heavy atom. The first-order chi connectivity index (χ1) is 10.7. The van der Waals surface area contributed by atoms with Gasteiger partial charge in [-0.1, -0.05) is 64.5 Å². The third-order valence-electron chi connectivity index (χ3n) is 3.28. The predicted molar refractivity (Wildman–Crippen MR) is 93.2 cm³/mol. The number of benzene rings is 3. The summed E-state index contributed by atoms with van der Waals surface area (Å²) in [5.74, 6) is -0.217. The molecule has 0 atom stereocenters.